The highest BCUT2D eigenvalue weighted by Gasteiger charge is 2.31. The minimum absolute atomic E-state index is 0.268. The smallest absolute Gasteiger partial charge is 0.0594 e. The summed E-state index contributed by atoms with van der Waals surface area (Å²) in [6.07, 6.45) is 0. The van der Waals surface area contributed by atoms with E-state index in [1.54, 1.807) is 0 Å². The Balaban J connectivity index is 1.80. The molecule has 2 rings (SSSR count). The monoisotopic (exact) mass is 269 g/mol. The second-order valence-electron chi connectivity index (χ2n) is 6.82. The fourth-order valence-electron chi connectivity index (χ4n) is 3.25. The molecule has 4 nitrogen and oxygen atoms in total. The van der Waals surface area contributed by atoms with Crippen molar-refractivity contribution in [3.63, 3.8) is 0 Å². The molecule has 0 N–H and O–H groups in total. The maximum Gasteiger partial charge on any atom is 0.0594 e. The van der Waals surface area contributed by atoms with Crippen molar-refractivity contribution >= 4 is 0 Å². The molecule has 0 aromatic heterocycles. The second kappa shape index (κ2) is 6.53. The van der Waals surface area contributed by atoms with Gasteiger partial charge in [0.2, 0.25) is 0 Å². The van der Waals surface area contributed by atoms with Crippen molar-refractivity contribution in [3.8, 4) is 0 Å². The quantitative estimate of drug-likeness (QED) is 0.761. The molecule has 19 heavy (non-hydrogen) atoms. The van der Waals surface area contributed by atoms with Gasteiger partial charge in [-0.2, -0.15) is 0 Å². The summed E-state index contributed by atoms with van der Waals surface area (Å²) in [7, 11) is 0. The van der Waals surface area contributed by atoms with E-state index in [0.29, 0.717) is 6.04 Å². The number of hydrogen-bond donors (Lipinski definition) is 0. The Morgan fingerprint density at radius 2 is 1.53 bits per heavy atom. The fraction of sp³-hybridized carbons (Fsp3) is 1.00. The Morgan fingerprint density at radius 1 is 0.947 bits per heavy atom. The summed E-state index contributed by atoms with van der Waals surface area (Å²) in [5, 5.41) is 0. The Bertz CT molecular complexity index is 267. The molecule has 0 bridgehead atoms. The number of nitrogens with zero attached hydrogens (tertiary/aromatic N) is 3. The molecule has 4 heteroatoms. The lowest BCUT2D eigenvalue weighted by Gasteiger charge is -2.45. The van der Waals surface area contributed by atoms with E-state index in [9.17, 15) is 0 Å². The third kappa shape index (κ3) is 4.15. The van der Waals surface area contributed by atoms with Crippen molar-refractivity contribution in [2.24, 2.45) is 0 Å². The van der Waals surface area contributed by atoms with E-state index in [1.165, 1.54) is 32.7 Å². The van der Waals surface area contributed by atoms with Crippen LogP contribution in [0.3, 0.4) is 0 Å². The van der Waals surface area contributed by atoms with Gasteiger partial charge in [-0.1, -0.05) is 0 Å². The van der Waals surface area contributed by atoms with Gasteiger partial charge >= 0.3 is 0 Å². The molecule has 2 aliphatic heterocycles. The Morgan fingerprint density at radius 3 is 2.05 bits per heavy atom. The molecule has 0 aromatic carbocycles. The molecule has 0 unspecified atom stereocenters. The van der Waals surface area contributed by atoms with Gasteiger partial charge in [0.15, 0.2) is 0 Å². The third-order valence-electron chi connectivity index (χ3n) is 4.61. The van der Waals surface area contributed by atoms with Gasteiger partial charge in [-0.3, -0.25) is 14.7 Å². The maximum absolute atomic E-state index is 5.46. The van der Waals surface area contributed by atoms with Gasteiger partial charge in [0.25, 0.3) is 0 Å². The first-order valence-electron chi connectivity index (χ1n) is 7.78. The Hall–Kier alpha value is -0.160. The predicted molar refractivity (Wildman–Crippen MR) is 79.6 cm³/mol. The van der Waals surface area contributed by atoms with E-state index in [1.807, 2.05) is 0 Å². The lowest BCUT2D eigenvalue weighted by molar-refractivity contribution is -0.0273. The summed E-state index contributed by atoms with van der Waals surface area (Å²) in [6, 6.07) is 0.689. The summed E-state index contributed by atoms with van der Waals surface area (Å²) in [5.41, 5.74) is 0.268. The molecule has 0 spiro atoms. The normalized spacial score (nSPS) is 25.1. The Labute approximate surface area is 118 Å². The zero-order valence-electron chi connectivity index (χ0n) is 13.2. The van der Waals surface area contributed by atoms with Crippen LogP contribution in [0.1, 0.15) is 27.7 Å². The number of morpholine rings is 1. The van der Waals surface area contributed by atoms with Crippen molar-refractivity contribution < 1.29 is 4.74 Å². The molecule has 0 aliphatic carbocycles. The van der Waals surface area contributed by atoms with Crippen LogP contribution >= 0.6 is 0 Å². The molecule has 0 atom stereocenters. The van der Waals surface area contributed by atoms with Crippen LogP contribution in [0.15, 0.2) is 0 Å². The van der Waals surface area contributed by atoms with Gasteiger partial charge in [-0.25, -0.2) is 0 Å². The Kier molecular flexibility index (Phi) is 5.23. The highest BCUT2D eigenvalue weighted by molar-refractivity contribution is 4.88. The summed E-state index contributed by atoms with van der Waals surface area (Å²) < 4.78 is 5.46. The topological polar surface area (TPSA) is 19.0 Å². The van der Waals surface area contributed by atoms with Gasteiger partial charge in [0.05, 0.1) is 13.2 Å². The lowest BCUT2D eigenvalue weighted by Crippen LogP contribution is -2.58. The molecule has 2 heterocycles. The molecule has 2 fully saturated rings. The first-order valence-corrected chi connectivity index (χ1v) is 7.78. The van der Waals surface area contributed by atoms with Gasteiger partial charge in [-0.15, -0.1) is 0 Å². The minimum Gasteiger partial charge on any atom is -0.379 e. The first kappa shape index (κ1) is 15.2. The highest BCUT2D eigenvalue weighted by atomic mass is 16.5. The van der Waals surface area contributed by atoms with Gasteiger partial charge in [0.1, 0.15) is 0 Å². The average Bonchev–Trinajstić information content (AvgIpc) is 2.40. The zero-order valence-corrected chi connectivity index (χ0v) is 13.2. The van der Waals surface area contributed by atoms with Crippen LogP contribution in [0.5, 0.6) is 0 Å². The number of hydrogen-bond acceptors (Lipinski definition) is 4. The number of piperazine rings is 1. The molecule has 0 aromatic rings. The summed E-state index contributed by atoms with van der Waals surface area (Å²) in [4.78, 5) is 7.80. The summed E-state index contributed by atoms with van der Waals surface area (Å²) in [6.45, 7) is 19.4. The van der Waals surface area contributed by atoms with Crippen molar-refractivity contribution in [1.82, 2.24) is 14.7 Å². The lowest BCUT2D eigenvalue weighted by atomic mass is 10.0. The average molecular weight is 269 g/mol. The minimum atomic E-state index is 0.268. The molecule has 0 radical (unpaired) electrons. The van der Waals surface area contributed by atoms with E-state index >= 15 is 0 Å². The molecule has 0 saturated carbocycles. The summed E-state index contributed by atoms with van der Waals surface area (Å²) >= 11 is 0. The van der Waals surface area contributed by atoms with Crippen molar-refractivity contribution in [2.45, 2.75) is 39.3 Å². The van der Waals surface area contributed by atoms with Gasteiger partial charge in [0, 0.05) is 57.4 Å². The molecule has 112 valence electrons. The maximum atomic E-state index is 5.46. The molecule has 2 saturated heterocycles. The number of ether oxygens (including phenoxy) is 1. The van der Waals surface area contributed by atoms with E-state index in [-0.39, 0.29) is 5.54 Å². The van der Waals surface area contributed by atoms with Crippen LogP contribution < -0.4 is 0 Å². The van der Waals surface area contributed by atoms with Crippen LogP contribution in [0, 0.1) is 0 Å². The largest absolute Gasteiger partial charge is 0.379 e. The SMILES string of the molecule is CC(C)N1CCN(CC(C)(C)N2CCOCC2)CC1. The summed E-state index contributed by atoms with van der Waals surface area (Å²) in [5.74, 6) is 0. The van der Waals surface area contributed by atoms with E-state index in [4.69, 9.17) is 4.74 Å². The molecular weight excluding hydrogens is 238 g/mol. The first-order chi connectivity index (χ1) is 8.99. The zero-order chi connectivity index (χ0) is 13.9. The van der Waals surface area contributed by atoms with Gasteiger partial charge in [-0.05, 0) is 27.7 Å². The van der Waals surface area contributed by atoms with Gasteiger partial charge < -0.3 is 4.74 Å². The second-order valence-corrected chi connectivity index (χ2v) is 6.82. The van der Waals surface area contributed by atoms with Crippen molar-refractivity contribution in [1.29, 1.82) is 0 Å². The van der Waals surface area contributed by atoms with Crippen LogP contribution in [-0.4, -0.2) is 85.3 Å². The van der Waals surface area contributed by atoms with E-state index < -0.39 is 0 Å². The third-order valence-corrected chi connectivity index (χ3v) is 4.61. The fourth-order valence-corrected chi connectivity index (χ4v) is 3.25. The standard InChI is InChI=1S/C15H31N3O/c1-14(2)17-7-5-16(6-8-17)13-15(3,4)18-9-11-19-12-10-18/h14H,5-13H2,1-4H3. The van der Waals surface area contributed by atoms with Crippen molar-refractivity contribution in [2.75, 3.05) is 59.0 Å². The van der Waals surface area contributed by atoms with Crippen LogP contribution in [-0.2, 0) is 4.74 Å². The number of rotatable bonds is 4. The van der Waals surface area contributed by atoms with E-state index in [0.717, 1.165) is 26.3 Å². The van der Waals surface area contributed by atoms with Crippen LogP contribution in [0.2, 0.25) is 0 Å². The molecule has 2 aliphatic rings. The molecular formula is C15H31N3O. The van der Waals surface area contributed by atoms with Crippen LogP contribution in [0.25, 0.3) is 0 Å². The van der Waals surface area contributed by atoms with Crippen molar-refractivity contribution in [3.05, 3.63) is 0 Å². The molecule has 0 amide bonds. The highest BCUT2D eigenvalue weighted by Crippen LogP contribution is 2.19. The van der Waals surface area contributed by atoms with E-state index in [2.05, 4.69) is 42.4 Å². The van der Waals surface area contributed by atoms with Crippen LogP contribution in [0.4, 0.5) is 0 Å². The predicted octanol–water partition coefficient (Wildman–Crippen LogP) is 1.12.